The minimum absolute atomic E-state index is 0.0513. The van der Waals surface area contributed by atoms with Crippen LogP contribution in [-0.2, 0) is 10.0 Å². The molecule has 5 nitrogen and oxygen atoms in total. The van der Waals surface area contributed by atoms with Gasteiger partial charge in [-0.25, -0.2) is 8.42 Å². The van der Waals surface area contributed by atoms with Gasteiger partial charge in [0.25, 0.3) is 0 Å². The van der Waals surface area contributed by atoms with E-state index in [4.69, 9.17) is 5.73 Å². The van der Waals surface area contributed by atoms with Crippen molar-refractivity contribution in [2.24, 2.45) is 5.73 Å². The van der Waals surface area contributed by atoms with Gasteiger partial charge < -0.3 is 10.8 Å². The number of phenolic OH excluding ortho intramolecular Hbond substituents is 1. The summed E-state index contributed by atoms with van der Waals surface area (Å²) in [6, 6.07) is 5.58. The lowest BCUT2D eigenvalue weighted by molar-refractivity contribution is 0.463. The lowest BCUT2D eigenvalue weighted by Gasteiger charge is -2.15. The van der Waals surface area contributed by atoms with Crippen LogP contribution in [0.3, 0.4) is 0 Å². The van der Waals surface area contributed by atoms with Gasteiger partial charge >= 0.3 is 0 Å². The third-order valence-electron chi connectivity index (χ3n) is 2.64. The molecule has 1 saturated heterocycles. The van der Waals surface area contributed by atoms with Crippen molar-refractivity contribution in [3.63, 3.8) is 0 Å². The van der Waals surface area contributed by atoms with Crippen LogP contribution in [0.1, 0.15) is 6.42 Å². The van der Waals surface area contributed by atoms with Crippen LogP contribution in [0, 0.1) is 0 Å². The molecule has 0 bridgehead atoms. The Bertz CT molecular complexity index is 487. The average molecular weight is 242 g/mol. The largest absolute Gasteiger partial charge is 0.508 e. The Hall–Kier alpha value is -1.11. The zero-order chi connectivity index (χ0) is 11.8. The van der Waals surface area contributed by atoms with E-state index in [9.17, 15) is 13.5 Å². The highest BCUT2D eigenvalue weighted by Gasteiger charge is 2.30. The van der Waals surface area contributed by atoms with E-state index < -0.39 is 10.0 Å². The van der Waals surface area contributed by atoms with Gasteiger partial charge in [-0.05, 0) is 24.6 Å². The van der Waals surface area contributed by atoms with Crippen molar-refractivity contribution < 1.29 is 13.5 Å². The Morgan fingerprint density at radius 2 is 2.19 bits per heavy atom. The molecule has 0 aromatic heterocycles. The molecule has 16 heavy (non-hydrogen) atoms. The highest BCUT2D eigenvalue weighted by molar-refractivity contribution is 7.89. The topological polar surface area (TPSA) is 83.6 Å². The molecule has 1 heterocycles. The SMILES string of the molecule is NC1CCN(S(=O)(=O)c2cccc(O)c2)C1. The molecule has 1 aromatic rings. The third kappa shape index (κ3) is 2.04. The summed E-state index contributed by atoms with van der Waals surface area (Å²) in [5, 5.41) is 9.26. The maximum atomic E-state index is 12.1. The smallest absolute Gasteiger partial charge is 0.243 e. The zero-order valence-electron chi connectivity index (χ0n) is 8.70. The minimum atomic E-state index is -3.50. The zero-order valence-corrected chi connectivity index (χ0v) is 9.52. The molecule has 1 unspecified atom stereocenters. The van der Waals surface area contributed by atoms with E-state index in [1.54, 1.807) is 0 Å². The van der Waals surface area contributed by atoms with Gasteiger partial charge in [0.1, 0.15) is 5.75 Å². The highest BCUT2D eigenvalue weighted by Crippen LogP contribution is 2.22. The van der Waals surface area contributed by atoms with Gasteiger partial charge in [-0.15, -0.1) is 0 Å². The summed E-state index contributed by atoms with van der Waals surface area (Å²) in [6.07, 6.45) is 0.679. The molecule has 1 aromatic carbocycles. The Morgan fingerprint density at radius 1 is 1.44 bits per heavy atom. The van der Waals surface area contributed by atoms with Crippen molar-refractivity contribution >= 4 is 10.0 Å². The van der Waals surface area contributed by atoms with Crippen LogP contribution >= 0.6 is 0 Å². The Kier molecular flexibility index (Phi) is 2.88. The summed E-state index contributed by atoms with van der Waals surface area (Å²) < 4.78 is 25.5. The van der Waals surface area contributed by atoms with Crippen LogP contribution in [-0.4, -0.2) is 37.0 Å². The molecule has 0 spiro atoms. The molecule has 0 radical (unpaired) electrons. The number of aromatic hydroxyl groups is 1. The van der Waals surface area contributed by atoms with Crippen molar-refractivity contribution in [2.45, 2.75) is 17.4 Å². The summed E-state index contributed by atoms with van der Waals surface area (Å²) >= 11 is 0. The number of nitrogens with zero attached hydrogens (tertiary/aromatic N) is 1. The summed E-state index contributed by atoms with van der Waals surface area (Å²) in [4.78, 5) is 0.113. The first kappa shape index (κ1) is 11.4. The highest BCUT2D eigenvalue weighted by atomic mass is 32.2. The van der Waals surface area contributed by atoms with Gasteiger partial charge in [0.05, 0.1) is 4.90 Å². The second-order valence-electron chi connectivity index (χ2n) is 3.91. The molecule has 1 aliphatic heterocycles. The van der Waals surface area contributed by atoms with Crippen molar-refractivity contribution in [1.82, 2.24) is 4.31 Å². The first-order valence-electron chi connectivity index (χ1n) is 5.05. The molecule has 1 atom stereocenters. The number of hydrogen-bond donors (Lipinski definition) is 2. The van der Waals surface area contributed by atoms with Crippen LogP contribution in [0.5, 0.6) is 5.75 Å². The number of rotatable bonds is 2. The monoisotopic (exact) mass is 242 g/mol. The summed E-state index contributed by atoms with van der Waals surface area (Å²) in [5.41, 5.74) is 5.67. The number of benzene rings is 1. The molecule has 6 heteroatoms. The molecule has 0 aliphatic carbocycles. The molecular weight excluding hydrogens is 228 g/mol. The quantitative estimate of drug-likeness (QED) is 0.771. The molecule has 3 N–H and O–H groups in total. The molecule has 1 aliphatic rings. The maximum absolute atomic E-state index is 12.1. The summed E-state index contributed by atoms with van der Waals surface area (Å²) in [6.45, 7) is 0.789. The first-order chi connectivity index (χ1) is 7.50. The second kappa shape index (κ2) is 4.04. The van der Waals surface area contributed by atoms with Gasteiger partial charge in [0, 0.05) is 19.1 Å². The van der Waals surface area contributed by atoms with Gasteiger partial charge in [0.2, 0.25) is 10.0 Å². The van der Waals surface area contributed by atoms with E-state index >= 15 is 0 Å². The minimum Gasteiger partial charge on any atom is -0.508 e. The molecule has 2 rings (SSSR count). The van der Waals surface area contributed by atoms with Gasteiger partial charge in [-0.1, -0.05) is 6.07 Å². The van der Waals surface area contributed by atoms with Crippen molar-refractivity contribution in [3.05, 3.63) is 24.3 Å². The maximum Gasteiger partial charge on any atom is 0.243 e. The third-order valence-corrected chi connectivity index (χ3v) is 4.50. The Morgan fingerprint density at radius 3 is 2.75 bits per heavy atom. The van der Waals surface area contributed by atoms with Gasteiger partial charge in [0.15, 0.2) is 0 Å². The molecule has 0 amide bonds. The Balaban J connectivity index is 2.32. The molecule has 0 saturated carbocycles. The van der Waals surface area contributed by atoms with E-state index in [0.29, 0.717) is 19.5 Å². The lowest BCUT2D eigenvalue weighted by Crippen LogP contribution is -2.31. The van der Waals surface area contributed by atoms with Crippen molar-refractivity contribution in [2.75, 3.05) is 13.1 Å². The van der Waals surface area contributed by atoms with Crippen LogP contribution in [0.25, 0.3) is 0 Å². The number of nitrogens with two attached hydrogens (primary N) is 1. The van der Waals surface area contributed by atoms with E-state index in [1.807, 2.05) is 0 Å². The predicted octanol–water partition coefficient (Wildman–Crippen LogP) is 0.114. The van der Waals surface area contributed by atoms with Gasteiger partial charge in [-0.2, -0.15) is 4.31 Å². The fourth-order valence-corrected chi connectivity index (χ4v) is 3.32. The average Bonchev–Trinajstić information content (AvgIpc) is 2.65. The van der Waals surface area contributed by atoms with E-state index in [0.717, 1.165) is 0 Å². The van der Waals surface area contributed by atoms with Crippen LogP contribution < -0.4 is 5.73 Å². The normalized spacial score (nSPS) is 22.4. The molecule has 88 valence electrons. The van der Waals surface area contributed by atoms with Crippen LogP contribution in [0.4, 0.5) is 0 Å². The van der Waals surface area contributed by atoms with Crippen LogP contribution in [0.15, 0.2) is 29.2 Å². The summed E-state index contributed by atoms with van der Waals surface area (Å²) in [5.74, 6) is -0.0513. The molecule has 1 fully saturated rings. The van der Waals surface area contributed by atoms with Crippen LogP contribution in [0.2, 0.25) is 0 Å². The van der Waals surface area contributed by atoms with Crippen molar-refractivity contribution in [1.29, 1.82) is 0 Å². The fraction of sp³-hybridized carbons (Fsp3) is 0.400. The number of phenols is 1. The lowest BCUT2D eigenvalue weighted by atomic mass is 10.3. The first-order valence-corrected chi connectivity index (χ1v) is 6.49. The number of sulfonamides is 1. The van der Waals surface area contributed by atoms with Crippen molar-refractivity contribution in [3.8, 4) is 5.75 Å². The Labute approximate surface area is 94.5 Å². The van der Waals surface area contributed by atoms with E-state index in [2.05, 4.69) is 0 Å². The van der Waals surface area contributed by atoms with E-state index in [-0.39, 0.29) is 16.7 Å². The van der Waals surface area contributed by atoms with Gasteiger partial charge in [-0.3, -0.25) is 0 Å². The number of hydrogen-bond acceptors (Lipinski definition) is 4. The predicted molar refractivity (Wildman–Crippen MR) is 59.5 cm³/mol. The van der Waals surface area contributed by atoms with E-state index in [1.165, 1.54) is 28.6 Å². The summed E-state index contributed by atoms with van der Waals surface area (Å²) in [7, 11) is -3.50. The fourth-order valence-electron chi connectivity index (χ4n) is 1.77. The second-order valence-corrected chi connectivity index (χ2v) is 5.85. The standard InChI is InChI=1S/C10H14N2O3S/c11-8-4-5-12(7-8)16(14,15)10-3-1-2-9(13)6-10/h1-3,6,8,13H,4-5,7,11H2. The molecular formula is C10H14N2O3S.